The molecule has 5 heteroatoms. The second-order valence-corrected chi connectivity index (χ2v) is 7.30. The molecule has 0 saturated carbocycles. The molecule has 1 rings (SSSR count). The fourth-order valence-electron chi connectivity index (χ4n) is 2.74. The average molecular weight is 315 g/mol. The van der Waals surface area contributed by atoms with Gasteiger partial charge in [0.2, 0.25) is 0 Å². The molecule has 0 aromatic heterocycles. The maximum absolute atomic E-state index is 4.34. The summed E-state index contributed by atoms with van der Waals surface area (Å²) in [6, 6.07) is 0.575. The molecule has 0 amide bonds. The largest absolute Gasteiger partial charge is 0.356 e. The number of thioether (sulfide) groups is 1. The van der Waals surface area contributed by atoms with E-state index in [-0.39, 0.29) is 0 Å². The summed E-state index contributed by atoms with van der Waals surface area (Å²) in [6.07, 6.45) is 7.10. The molecule has 0 atom stereocenters. The third-order valence-corrected chi connectivity index (χ3v) is 4.54. The van der Waals surface area contributed by atoms with E-state index in [9.17, 15) is 0 Å². The van der Waals surface area contributed by atoms with Gasteiger partial charge in [0.05, 0.1) is 0 Å². The van der Waals surface area contributed by atoms with Crippen LogP contribution in [0.1, 0.15) is 39.5 Å². The van der Waals surface area contributed by atoms with Gasteiger partial charge in [-0.15, -0.1) is 0 Å². The summed E-state index contributed by atoms with van der Waals surface area (Å²) < 4.78 is 0. The maximum atomic E-state index is 4.34. The molecular formula is C16H34N4S. The highest BCUT2D eigenvalue weighted by Gasteiger charge is 2.20. The van der Waals surface area contributed by atoms with Crippen molar-refractivity contribution in [3.63, 3.8) is 0 Å². The van der Waals surface area contributed by atoms with Gasteiger partial charge in [0.1, 0.15) is 0 Å². The highest BCUT2D eigenvalue weighted by atomic mass is 32.2. The zero-order chi connectivity index (χ0) is 15.5. The topological polar surface area (TPSA) is 39.7 Å². The van der Waals surface area contributed by atoms with E-state index < -0.39 is 0 Å². The Bertz CT molecular complexity index is 286. The van der Waals surface area contributed by atoms with Crippen molar-refractivity contribution in [2.24, 2.45) is 10.9 Å². The minimum absolute atomic E-state index is 0.575. The first kappa shape index (κ1) is 18.6. The molecule has 0 aliphatic carbocycles. The lowest BCUT2D eigenvalue weighted by Crippen LogP contribution is -2.49. The molecule has 2 N–H and O–H groups in total. The van der Waals surface area contributed by atoms with Crippen LogP contribution in [0.2, 0.25) is 0 Å². The van der Waals surface area contributed by atoms with Crippen molar-refractivity contribution in [3.05, 3.63) is 0 Å². The number of unbranched alkanes of at least 4 members (excludes halogenated alkanes) is 1. The van der Waals surface area contributed by atoms with Crippen molar-refractivity contribution >= 4 is 17.7 Å². The molecule has 1 heterocycles. The molecule has 1 fully saturated rings. The summed E-state index contributed by atoms with van der Waals surface area (Å²) >= 11 is 1.92. The summed E-state index contributed by atoms with van der Waals surface area (Å²) in [4.78, 5) is 6.93. The minimum atomic E-state index is 0.575. The Labute approximate surface area is 135 Å². The SMILES string of the molecule is CN=C(NCCCCSC)NC1CCN(CC(C)C)CC1. The Morgan fingerprint density at radius 3 is 2.57 bits per heavy atom. The molecule has 1 aliphatic heterocycles. The monoisotopic (exact) mass is 314 g/mol. The lowest BCUT2D eigenvalue weighted by atomic mass is 10.0. The normalized spacial score (nSPS) is 18.2. The van der Waals surface area contributed by atoms with Gasteiger partial charge in [-0.1, -0.05) is 13.8 Å². The summed E-state index contributed by atoms with van der Waals surface area (Å²) in [6.45, 7) is 9.27. The van der Waals surface area contributed by atoms with Crippen molar-refractivity contribution < 1.29 is 0 Å². The predicted octanol–water partition coefficient (Wildman–Crippen LogP) is 2.42. The summed E-state index contributed by atoms with van der Waals surface area (Å²) in [7, 11) is 1.87. The summed E-state index contributed by atoms with van der Waals surface area (Å²) in [5.74, 6) is 2.99. The molecule has 0 bridgehead atoms. The smallest absolute Gasteiger partial charge is 0.191 e. The van der Waals surface area contributed by atoms with Crippen LogP contribution in [0.25, 0.3) is 0 Å². The van der Waals surface area contributed by atoms with Gasteiger partial charge in [-0.3, -0.25) is 4.99 Å². The standard InChI is InChI=1S/C16H34N4S/c1-14(2)13-20-10-7-15(8-11-20)19-16(17-3)18-9-5-6-12-21-4/h14-15H,5-13H2,1-4H3,(H2,17,18,19). The lowest BCUT2D eigenvalue weighted by Gasteiger charge is -2.34. The molecule has 21 heavy (non-hydrogen) atoms. The second-order valence-electron chi connectivity index (χ2n) is 6.31. The van der Waals surface area contributed by atoms with Crippen LogP contribution in [0.5, 0.6) is 0 Å². The molecule has 0 radical (unpaired) electrons. The Kier molecular flexibility index (Phi) is 9.92. The van der Waals surface area contributed by atoms with Crippen LogP contribution in [0, 0.1) is 5.92 Å². The molecule has 0 aromatic rings. The van der Waals surface area contributed by atoms with Gasteiger partial charge in [0, 0.05) is 39.3 Å². The Morgan fingerprint density at radius 2 is 2.00 bits per heavy atom. The molecule has 124 valence electrons. The van der Waals surface area contributed by atoms with Gasteiger partial charge in [-0.2, -0.15) is 11.8 Å². The number of hydrogen-bond donors (Lipinski definition) is 2. The van der Waals surface area contributed by atoms with Gasteiger partial charge >= 0.3 is 0 Å². The third-order valence-electron chi connectivity index (χ3n) is 3.84. The maximum Gasteiger partial charge on any atom is 0.191 e. The number of nitrogens with zero attached hydrogens (tertiary/aromatic N) is 2. The molecule has 4 nitrogen and oxygen atoms in total. The van der Waals surface area contributed by atoms with E-state index in [0.717, 1.165) is 18.4 Å². The van der Waals surface area contributed by atoms with Crippen LogP contribution < -0.4 is 10.6 Å². The second kappa shape index (κ2) is 11.2. The van der Waals surface area contributed by atoms with Gasteiger partial charge in [0.15, 0.2) is 5.96 Å². The molecular weight excluding hydrogens is 280 g/mol. The molecule has 0 unspecified atom stereocenters. The van der Waals surface area contributed by atoms with Crippen LogP contribution in [-0.4, -0.2) is 62.1 Å². The first-order chi connectivity index (χ1) is 10.2. The van der Waals surface area contributed by atoms with E-state index in [2.05, 4.69) is 40.6 Å². The predicted molar refractivity (Wildman–Crippen MR) is 96.4 cm³/mol. The van der Waals surface area contributed by atoms with Crippen LogP contribution in [0.4, 0.5) is 0 Å². The Morgan fingerprint density at radius 1 is 1.29 bits per heavy atom. The average Bonchev–Trinajstić information content (AvgIpc) is 2.47. The Hall–Kier alpha value is -0.420. The van der Waals surface area contributed by atoms with Gasteiger partial charge in [-0.25, -0.2) is 0 Å². The number of rotatable bonds is 8. The minimum Gasteiger partial charge on any atom is -0.356 e. The van der Waals surface area contributed by atoms with E-state index in [0.29, 0.717) is 6.04 Å². The van der Waals surface area contributed by atoms with Crippen LogP contribution >= 0.6 is 11.8 Å². The van der Waals surface area contributed by atoms with Crippen LogP contribution in [0.3, 0.4) is 0 Å². The summed E-state index contributed by atoms with van der Waals surface area (Å²) in [5, 5.41) is 7.01. The van der Waals surface area contributed by atoms with E-state index in [1.54, 1.807) is 0 Å². The van der Waals surface area contributed by atoms with E-state index in [1.165, 1.54) is 51.1 Å². The highest BCUT2D eigenvalue weighted by molar-refractivity contribution is 7.98. The number of hydrogen-bond acceptors (Lipinski definition) is 3. The van der Waals surface area contributed by atoms with Crippen LogP contribution in [0.15, 0.2) is 4.99 Å². The molecule has 0 spiro atoms. The van der Waals surface area contributed by atoms with Crippen molar-refractivity contribution in [2.75, 3.05) is 45.2 Å². The van der Waals surface area contributed by atoms with Crippen LogP contribution in [-0.2, 0) is 0 Å². The first-order valence-corrected chi connectivity index (χ1v) is 9.73. The number of guanidine groups is 1. The van der Waals surface area contributed by atoms with E-state index in [1.807, 2.05) is 18.8 Å². The van der Waals surface area contributed by atoms with Crippen molar-refractivity contribution in [2.45, 2.75) is 45.6 Å². The number of nitrogens with one attached hydrogen (secondary N) is 2. The van der Waals surface area contributed by atoms with Crippen molar-refractivity contribution in [1.29, 1.82) is 0 Å². The highest BCUT2D eigenvalue weighted by Crippen LogP contribution is 2.11. The van der Waals surface area contributed by atoms with Gasteiger partial charge in [0.25, 0.3) is 0 Å². The van der Waals surface area contributed by atoms with E-state index >= 15 is 0 Å². The first-order valence-electron chi connectivity index (χ1n) is 8.34. The van der Waals surface area contributed by atoms with Crippen molar-refractivity contribution in [3.8, 4) is 0 Å². The molecule has 1 saturated heterocycles. The van der Waals surface area contributed by atoms with Gasteiger partial charge < -0.3 is 15.5 Å². The third kappa shape index (κ3) is 8.57. The number of likely N-dealkylation sites (tertiary alicyclic amines) is 1. The Balaban J connectivity index is 2.17. The summed E-state index contributed by atoms with van der Waals surface area (Å²) in [5.41, 5.74) is 0. The quantitative estimate of drug-likeness (QED) is 0.410. The zero-order valence-electron chi connectivity index (χ0n) is 14.3. The van der Waals surface area contributed by atoms with Crippen molar-refractivity contribution in [1.82, 2.24) is 15.5 Å². The van der Waals surface area contributed by atoms with Gasteiger partial charge in [-0.05, 0) is 43.6 Å². The fourth-order valence-corrected chi connectivity index (χ4v) is 3.24. The van der Waals surface area contributed by atoms with E-state index in [4.69, 9.17) is 0 Å². The fraction of sp³-hybridized carbons (Fsp3) is 0.938. The molecule has 1 aliphatic rings. The number of piperidine rings is 1. The lowest BCUT2D eigenvalue weighted by molar-refractivity contribution is 0.187. The number of aliphatic imine (C=N–C) groups is 1. The molecule has 0 aromatic carbocycles. The zero-order valence-corrected chi connectivity index (χ0v) is 15.1.